The van der Waals surface area contributed by atoms with E-state index < -0.39 is 179 Å². The topological polar surface area (TPSA) is 444 Å². The van der Waals surface area contributed by atoms with E-state index in [0.29, 0.717) is 22.3 Å². The molecule has 139 heavy (non-hydrogen) atoms. The number of Topliss-reactive ketones (excluding diaryl/α,β-unsaturated/α-hetero) is 2. The van der Waals surface area contributed by atoms with E-state index in [9.17, 15) is 132 Å². The van der Waals surface area contributed by atoms with Gasteiger partial charge in [-0.2, -0.15) is 115 Å². The zero-order chi connectivity index (χ0) is 105. The normalized spacial score (nSPS) is 11.3. The van der Waals surface area contributed by atoms with Crippen LogP contribution in [0.2, 0.25) is 20.7 Å². The molecular weight excluding hydrogens is 1980 g/mol. The van der Waals surface area contributed by atoms with E-state index in [2.05, 4.69) is 34.6 Å². The van der Waals surface area contributed by atoms with Crippen LogP contribution in [-0.4, -0.2) is 156 Å². The van der Waals surface area contributed by atoms with Crippen molar-refractivity contribution in [3.8, 4) is 42.0 Å². The van der Waals surface area contributed by atoms with E-state index in [4.69, 9.17) is 85.9 Å². The number of carbonyl (C=O) groups excluding carboxylic acids is 7. The summed E-state index contributed by atoms with van der Waals surface area (Å²) in [6, 6.07) is 35.4. The lowest BCUT2D eigenvalue weighted by Crippen LogP contribution is -2.38. The second-order valence-corrected chi connectivity index (χ2v) is 29.7. The summed E-state index contributed by atoms with van der Waals surface area (Å²) in [4.78, 5) is 156. The van der Waals surface area contributed by atoms with Gasteiger partial charge in [0.25, 0.3) is 11.1 Å². The second-order valence-electron chi connectivity index (χ2n) is 28.3. The van der Waals surface area contributed by atoms with Crippen molar-refractivity contribution in [3.63, 3.8) is 0 Å². The van der Waals surface area contributed by atoms with Crippen LogP contribution in [0.1, 0.15) is 154 Å². The van der Waals surface area contributed by atoms with Gasteiger partial charge in [0, 0.05) is 28.8 Å². The van der Waals surface area contributed by atoms with Gasteiger partial charge in [0.15, 0.2) is 0 Å². The summed E-state index contributed by atoms with van der Waals surface area (Å²) in [7, 11) is 4.82. The number of hydrogen-bond acceptors (Lipinski definition) is 26. The molecule has 0 amide bonds. The van der Waals surface area contributed by atoms with Gasteiger partial charge in [-0.25, -0.2) is 19.6 Å². The highest BCUT2D eigenvalue weighted by Gasteiger charge is 2.41. The van der Waals surface area contributed by atoms with Gasteiger partial charge in [0.1, 0.15) is 64.0 Å². The molecule has 0 aliphatic rings. The number of halogens is 22. The van der Waals surface area contributed by atoms with Crippen LogP contribution < -0.4 is 41.4 Å². The summed E-state index contributed by atoms with van der Waals surface area (Å²) in [5.41, 5.74) is -5.75. The standard InChI is InChI=1S/2C17H14F3N3O3.C15H10F3N3O3.C13H13F3O3.C11H12O3.C8H8ClF3N2O2.C6H2Cl3F3N2/c1-9-4-10(8-21)6-11(5-9)14(24)13-12(7-17(18,19)20)15(25-2)23-16(22-13)26-3;1-3-23-13(12(7-17(18,19)20)15(25)22-16(23)26)14(24)11-5-9(2)4-10(6-11)8-21;1-7-2-8(6-19)4-9(3-7)12(22)11-10(5-15(16,17)18)13(23)21-14(24)20-11;1-9(17)11(7-13(14,15)16)12(18)19-8-10-5-3-2-4-6-10;1-9(12)7-11(13)14-8-10-5-3-2-4-6-10;1-15-6-4(3-8(10,11)12)5(9)13-7(14-6)16-2;7-3-2(1-6(10,11)12)4(8)14-5(9)13-3/h4-6H,7H2,1-3H3;4-6H,3,7H2,1-2H3,(H,22,25,26);2-4H,5H2,1H3,(H2,20,21,23,24);2-6,11H,7-8H2,1H3;2-6H,7-8H2,1H3;3H2,1-2H3;1H2. The Hall–Kier alpha value is -14.4. The lowest BCUT2D eigenvalue weighted by atomic mass is 9.98. The third-order valence-corrected chi connectivity index (χ3v) is 18.3. The number of nitrogens with zero attached hydrogens (tertiary/aromatic N) is 10. The molecule has 52 heteroatoms. The first-order valence-corrected chi connectivity index (χ1v) is 40.2. The van der Waals surface area contributed by atoms with Gasteiger partial charge in [-0.05, 0) is 136 Å². The van der Waals surface area contributed by atoms with E-state index in [1.807, 2.05) is 58.5 Å². The van der Waals surface area contributed by atoms with Crippen molar-refractivity contribution in [2.24, 2.45) is 5.92 Å². The minimum atomic E-state index is -4.75. The lowest BCUT2D eigenvalue weighted by molar-refractivity contribution is -0.171. The van der Waals surface area contributed by atoms with Crippen molar-refractivity contribution < 1.29 is 141 Å². The van der Waals surface area contributed by atoms with Gasteiger partial charge in [0.2, 0.25) is 34.4 Å². The van der Waals surface area contributed by atoms with Gasteiger partial charge in [-0.1, -0.05) is 95.5 Å². The number of hydrogen-bond donors (Lipinski definition) is 3. The summed E-state index contributed by atoms with van der Waals surface area (Å²) < 4.78 is 254. The van der Waals surface area contributed by atoms with Crippen molar-refractivity contribution in [1.82, 2.24) is 49.4 Å². The zero-order valence-electron chi connectivity index (χ0n) is 73.3. The van der Waals surface area contributed by atoms with E-state index in [-0.39, 0.29) is 115 Å². The summed E-state index contributed by atoms with van der Waals surface area (Å²) in [6.07, 6.45) is -36.4. The predicted octanol–water partition coefficient (Wildman–Crippen LogP) is 17.1. The maximum absolute atomic E-state index is 13.0. The van der Waals surface area contributed by atoms with Crippen molar-refractivity contribution in [1.29, 1.82) is 15.8 Å². The lowest BCUT2D eigenvalue weighted by Gasteiger charge is -2.15. The fraction of sp³-hybridized carbons (Fsp3) is 0.310. The Morgan fingerprint density at radius 2 is 0.820 bits per heavy atom. The maximum Gasteiger partial charge on any atom is 0.393 e. The highest BCUT2D eigenvalue weighted by Crippen LogP contribution is 2.36. The molecule has 10 aromatic rings. The predicted molar refractivity (Wildman–Crippen MR) is 456 cm³/mol. The Morgan fingerprint density at radius 3 is 1.22 bits per heavy atom. The van der Waals surface area contributed by atoms with E-state index in [1.54, 1.807) is 62.2 Å². The Kier molecular flexibility index (Phi) is 43.9. The Balaban J connectivity index is 0.000000343. The van der Waals surface area contributed by atoms with Gasteiger partial charge in [0.05, 0.1) is 130 Å². The molecule has 0 bridgehead atoms. The molecule has 3 N–H and O–H groups in total. The number of aromatic nitrogens is 10. The van der Waals surface area contributed by atoms with E-state index in [0.717, 1.165) is 24.2 Å². The number of nitriles is 3. The minimum Gasteiger partial charge on any atom is -0.481 e. The number of benzene rings is 5. The highest BCUT2D eigenvalue weighted by molar-refractivity contribution is 6.36. The minimum absolute atomic E-state index is 0.0350. The number of nitrogens with one attached hydrogen (secondary N) is 3. The monoisotopic (exact) mass is 2050 g/mol. The number of rotatable bonds is 25. The average molecular weight is 2060 g/mol. The van der Waals surface area contributed by atoms with Crippen LogP contribution in [-0.2, 0) is 80.5 Å². The fourth-order valence-electron chi connectivity index (χ4n) is 11.4. The largest absolute Gasteiger partial charge is 0.481 e. The molecule has 0 spiro atoms. The first-order valence-electron chi connectivity index (χ1n) is 38.7. The van der Waals surface area contributed by atoms with Crippen molar-refractivity contribution in [2.45, 2.75) is 143 Å². The van der Waals surface area contributed by atoms with Crippen LogP contribution in [0.25, 0.3) is 0 Å². The highest BCUT2D eigenvalue weighted by atomic mass is 35.5. The Morgan fingerprint density at radius 1 is 0.439 bits per heavy atom. The van der Waals surface area contributed by atoms with Crippen LogP contribution in [0.5, 0.6) is 23.8 Å². The Bertz CT molecular complexity index is 6450. The summed E-state index contributed by atoms with van der Waals surface area (Å²) >= 11 is 21.7. The second kappa shape index (κ2) is 52.2. The maximum atomic E-state index is 13.0. The number of ether oxygens (including phenoxy) is 6. The number of aromatic amines is 3. The van der Waals surface area contributed by atoms with Crippen molar-refractivity contribution in [2.75, 3.05) is 28.4 Å². The van der Waals surface area contributed by atoms with Crippen LogP contribution in [0, 0.1) is 60.7 Å². The van der Waals surface area contributed by atoms with Gasteiger partial charge in [-0.3, -0.25) is 57.7 Å². The van der Waals surface area contributed by atoms with Crippen molar-refractivity contribution >= 4 is 87.3 Å². The molecule has 10 rings (SSSR count). The SMILES string of the molecule is CC(=O)C(CC(F)(F)F)C(=O)OCc1ccccc1.CC(=O)CC(=O)OCc1ccccc1.CCn1c(C(=O)c2cc(C)cc(C#N)c2)c(CC(F)(F)F)c(=O)[nH]c1=O.COc1nc(Cl)c(CC(F)(F)F)c(OC)n1.COc1nc(OC)c(CC(F)(F)F)c(C(=O)c2cc(C)cc(C#N)c2)n1.Cc1cc(C#N)cc(C(=O)c2[nH]c(=O)[nH]c(=O)c2CC(F)(F)F)c1.FC(F)(F)Cc1c(Cl)nc(Cl)nc1Cl. The summed E-state index contributed by atoms with van der Waals surface area (Å²) in [5.74, 6) is -7.76. The van der Waals surface area contributed by atoms with Crippen LogP contribution in [0.15, 0.2) is 134 Å². The van der Waals surface area contributed by atoms with Gasteiger partial charge >= 0.3 is 72.4 Å². The quantitative estimate of drug-likeness (QED) is 0.0119. The molecule has 5 heterocycles. The number of ketones is 5. The molecule has 0 saturated carbocycles. The van der Waals surface area contributed by atoms with E-state index >= 15 is 0 Å². The molecule has 0 aliphatic carbocycles. The van der Waals surface area contributed by atoms with Crippen LogP contribution in [0.4, 0.5) is 79.0 Å². The molecule has 0 fully saturated rings. The molecule has 0 aliphatic heterocycles. The van der Waals surface area contributed by atoms with Crippen molar-refractivity contribution in [3.05, 3.63) is 284 Å². The van der Waals surface area contributed by atoms with E-state index in [1.165, 1.54) is 83.7 Å². The molecule has 0 radical (unpaired) electrons. The number of methoxy groups -OCH3 is 4. The van der Waals surface area contributed by atoms with Gasteiger partial charge in [-0.15, -0.1) is 0 Å². The average Bonchev–Trinajstić information content (AvgIpc) is 0.773. The van der Waals surface area contributed by atoms with Crippen LogP contribution in [0.3, 0.4) is 0 Å². The first-order chi connectivity index (χ1) is 64.5. The summed E-state index contributed by atoms with van der Waals surface area (Å²) in [6.45, 7) is 8.60. The molecule has 742 valence electrons. The molecule has 0 saturated heterocycles. The molecule has 30 nitrogen and oxygen atoms in total. The smallest absolute Gasteiger partial charge is 0.393 e. The zero-order valence-corrected chi connectivity index (χ0v) is 76.4. The molecule has 1 unspecified atom stereocenters. The summed E-state index contributed by atoms with van der Waals surface area (Å²) in [5, 5.41) is 25.6. The molecule has 1 atom stereocenters. The third-order valence-electron chi connectivity index (χ3n) is 17.2. The third kappa shape index (κ3) is 40.0. The number of carbonyl (C=O) groups is 7. The van der Waals surface area contributed by atoms with Gasteiger partial charge < -0.3 is 33.4 Å². The number of aryl methyl sites for hydroxylation is 3. The number of H-pyrrole nitrogens is 3. The fourth-order valence-corrected chi connectivity index (χ4v) is 12.4. The van der Waals surface area contributed by atoms with Crippen LogP contribution >= 0.6 is 46.4 Å². The number of esters is 2. The molecular formula is C87H73Cl4F18N13O17. The molecule has 5 aromatic carbocycles. The number of alkyl halides is 18. The Labute approximate surface area is 793 Å². The first kappa shape index (κ1) is 117. The molecule has 5 aromatic heterocycles.